The lowest BCUT2D eigenvalue weighted by Crippen LogP contribution is -2.43. The first-order valence-electron chi connectivity index (χ1n) is 12.6. The lowest BCUT2D eigenvalue weighted by molar-refractivity contribution is -0.122. The van der Waals surface area contributed by atoms with Gasteiger partial charge in [0.2, 0.25) is 5.91 Å². The molecule has 0 radical (unpaired) electrons. The molecule has 1 N–H and O–H groups in total. The molecule has 1 atom stereocenters. The Kier molecular flexibility index (Phi) is 8.90. The van der Waals surface area contributed by atoms with Crippen LogP contribution in [0, 0.1) is 0 Å². The average Bonchev–Trinajstić information content (AvgIpc) is 2.93. The summed E-state index contributed by atoms with van der Waals surface area (Å²) < 4.78 is 22.1. The summed E-state index contributed by atoms with van der Waals surface area (Å²) in [6.45, 7) is 1.70. The zero-order chi connectivity index (χ0) is 26.2. The molecule has 0 bridgehead atoms. The molecule has 0 aliphatic carbocycles. The Hall–Kier alpha value is -3.71. The van der Waals surface area contributed by atoms with Crippen molar-refractivity contribution in [1.29, 1.82) is 0 Å². The molecule has 1 amide bonds. The quantitative estimate of drug-likeness (QED) is 0.422. The van der Waals surface area contributed by atoms with Crippen LogP contribution in [0.5, 0.6) is 23.0 Å². The third-order valence-electron chi connectivity index (χ3n) is 6.92. The summed E-state index contributed by atoms with van der Waals surface area (Å²) in [6.07, 6.45) is 2.34. The highest BCUT2D eigenvalue weighted by atomic mass is 16.5. The van der Waals surface area contributed by atoms with Gasteiger partial charge in [-0.05, 0) is 65.8 Å². The maximum absolute atomic E-state index is 13.0. The summed E-state index contributed by atoms with van der Waals surface area (Å²) in [5.41, 5.74) is 4.67. The average molecular weight is 505 g/mol. The van der Waals surface area contributed by atoms with Crippen LogP contribution < -0.4 is 24.3 Å². The Morgan fingerprint density at radius 1 is 0.838 bits per heavy atom. The van der Waals surface area contributed by atoms with Crippen molar-refractivity contribution < 1.29 is 23.7 Å². The Morgan fingerprint density at radius 3 is 2.22 bits per heavy atom. The predicted octanol–water partition coefficient (Wildman–Crippen LogP) is 4.22. The Balaban J connectivity index is 1.56. The van der Waals surface area contributed by atoms with Crippen molar-refractivity contribution in [3.05, 3.63) is 82.9 Å². The van der Waals surface area contributed by atoms with E-state index in [0.717, 1.165) is 36.3 Å². The summed E-state index contributed by atoms with van der Waals surface area (Å²) in [6, 6.07) is 20.3. The van der Waals surface area contributed by atoms with Crippen LogP contribution in [0.1, 0.15) is 28.3 Å². The molecule has 0 aromatic heterocycles. The van der Waals surface area contributed by atoms with Crippen LogP contribution >= 0.6 is 0 Å². The molecule has 37 heavy (non-hydrogen) atoms. The van der Waals surface area contributed by atoms with Crippen LogP contribution in [0.15, 0.2) is 60.7 Å². The molecule has 1 heterocycles. The third kappa shape index (κ3) is 6.35. The molecule has 4 rings (SSSR count). The summed E-state index contributed by atoms with van der Waals surface area (Å²) in [4.78, 5) is 15.2. The molecular formula is C30H36N2O5. The highest BCUT2D eigenvalue weighted by molar-refractivity contribution is 5.78. The molecular weight excluding hydrogens is 468 g/mol. The standard InChI is InChI=1S/C30H36N2O5/c1-34-26-11-10-22(17-27(26)35-2)16-25-24-19-29(37-4)28(36-3)18-23(24)13-15-32(25)20-30(33)31-14-12-21-8-6-5-7-9-21/h5-11,17-19,25H,12-16,20H2,1-4H3,(H,31,33)/t25-/m0/s1. The number of ether oxygens (including phenoxy) is 4. The number of fused-ring (bicyclic) bond motifs is 1. The van der Waals surface area contributed by atoms with Gasteiger partial charge in [0.15, 0.2) is 23.0 Å². The lowest BCUT2D eigenvalue weighted by atomic mass is 9.88. The fourth-order valence-electron chi connectivity index (χ4n) is 4.97. The Labute approximate surface area is 219 Å². The number of methoxy groups -OCH3 is 4. The SMILES string of the molecule is COc1ccc(C[C@H]2c3cc(OC)c(OC)cc3CCN2CC(=O)NCCc2ccccc2)cc1OC. The maximum Gasteiger partial charge on any atom is 0.234 e. The van der Waals surface area contributed by atoms with E-state index >= 15 is 0 Å². The number of nitrogens with zero attached hydrogens (tertiary/aromatic N) is 1. The van der Waals surface area contributed by atoms with Gasteiger partial charge in [-0.3, -0.25) is 9.69 Å². The van der Waals surface area contributed by atoms with E-state index in [9.17, 15) is 4.79 Å². The summed E-state index contributed by atoms with van der Waals surface area (Å²) >= 11 is 0. The largest absolute Gasteiger partial charge is 0.493 e. The monoisotopic (exact) mass is 504 g/mol. The molecule has 3 aromatic carbocycles. The maximum atomic E-state index is 13.0. The van der Waals surface area contributed by atoms with Crippen LogP contribution in [0.2, 0.25) is 0 Å². The van der Waals surface area contributed by atoms with E-state index in [-0.39, 0.29) is 11.9 Å². The molecule has 0 unspecified atom stereocenters. The van der Waals surface area contributed by atoms with E-state index in [1.807, 2.05) is 30.3 Å². The van der Waals surface area contributed by atoms with Gasteiger partial charge in [-0.15, -0.1) is 0 Å². The van der Waals surface area contributed by atoms with Crippen molar-refractivity contribution in [2.75, 3.05) is 48.1 Å². The number of carbonyl (C=O) groups is 1. The van der Waals surface area contributed by atoms with E-state index in [1.165, 1.54) is 11.1 Å². The van der Waals surface area contributed by atoms with Gasteiger partial charge in [-0.25, -0.2) is 0 Å². The molecule has 0 saturated heterocycles. The van der Waals surface area contributed by atoms with E-state index in [2.05, 4.69) is 40.5 Å². The fourth-order valence-corrected chi connectivity index (χ4v) is 4.97. The second-order valence-electron chi connectivity index (χ2n) is 9.12. The van der Waals surface area contributed by atoms with Crippen LogP contribution in [0.25, 0.3) is 0 Å². The highest BCUT2D eigenvalue weighted by Crippen LogP contribution is 2.40. The first kappa shape index (κ1) is 26.4. The van der Waals surface area contributed by atoms with Gasteiger partial charge < -0.3 is 24.3 Å². The molecule has 0 saturated carbocycles. The zero-order valence-electron chi connectivity index (χ0n) is 22.1. The number of rotatable bonds is 11. The smallest absolute Gasteiger partial charge is 0.234 e. The second-order valence-corrected chi connectivity index (χ2v) is 9.12. The van der Waals surface area contributed by atoms with Crippen LogP contribution in [0.4, 0.5) is 0 Å². The van der Waals surface area contributed by atoms with Crippen LogP contribution in [-0.2, 0) is 24.1 Å². The minimum absolute atomic E-state index is 0.0125. The zero-order valence-corrected chi connectivity index (χ0v) is 22.1. The number of carbonyl (C=O) groups excluding carboxylic acids is 1. The van der Waals surface area contributed by atoms with Crippen molar-refractivity contribution in [2.45, 2.75) is 25.3 Å². The summed E-state index contributed by atoms with van der Waals surface area (Å²) in [5.74, 6) is 2.81. The van der Waals surface area contributed by atoms with E-state index < -0.39 is 0 Å². The van der Waals surface area contributed by atoms with Gasteiger partial charge in [0, 0.05) is 19.1 Å². The Bertz CT molecular complexity index is 1200. The molecule has 0 fully saturated rings. The van der Waals surface area contributed by atoms with Crippen molar-refractivity contribution in [3.63, 3.8) is 0 Å². The van der Waals surface area contributed by atoms with Crippen LogP contribution in [0.3, 0.4) is 0 Å². The minimum Gasteiger partial charge on any atom is -0.493 e. The topological polar surface area (TPSA) is 69.3 Å². The van der Waals surface area contributed by atoms with Gasteiger partial charge >= 0.3 is 0 Å². The molecule has 7 heteroatoms. The fraction of sp³-hybridized carbons (Fsp3) is 0.367. The second kappa shape index (κ2) is 12.5. The number of benzene rings is 3. The third-order valence-corrected chi connectivity index (χ3v) is 6.92. The van der Waals surface area contributed by atoms with Crippen molar-refractivity contribution in [1.82, 2.24) is 10.2 Å². The summed E-state index contributed by atoms with van der Waals surface area (Å²) in [5, 5.41) is 3.10. The van der Waals surface area contributed by atoms with Gasteiger partial charge in [0.25, 0.3) is 0 Å². The first-order valence-corrected chi connectivity index (χ1v) is 12.6. The molecule has 0 spiro atoms. The summed E-state index contributed by atoms with van der Waals surface area (Å²) in [7, 11) is 6.57. The van der Waals surface area contributed by atoms with Gasteiger partial charge in [0.05, 0.1) is 35.0 Å². The Morgan fingerprint density at radius 2 is 1.51 bits per heavy atom. The van der Waals surface area contributed by atoms with Crippen molar-refractivity contribution >= 4 is 5.91 Å². The minimum atomic E-state index is -0.0125. The predicted molar refractivity (Wildman–Crippen MR) is 144 cm³/mol. The number of hydrogen-bond donors (Lipinski definition) is 1. The van der Waals surface area contributed by atoms with E-state index in [0.29, 0.717) is 36.8 Å². The lowest BCUT2D eigenvalue weighted by Gasteiger charge is -2.37. The van der Waals surface area contributed by atoms with Crippen LogP contribution in [-0.4, -0.2) is 58.9 Å². The number of nitrogens with one attached hydrogen (secondary N) is 1. The number of hydrogen-bond acceptors (Lipinski definition) is 6. The molecule has 196 valence electrons. The van der Waals surface area contributed by atoms with Gasteiger partial charge in [-0.1, -0.05) is 36.4 Å². The molecule has 3 aromatic rings. The number of amides is 1. The first-order chi connectivity index (χ1) is 18.1. The highest BCUT2D eigenvalue weighted by Gasteiger charge is 2.30. The normalized spacial score (nSPS) is 15.0. The van der Waals surface area contributed by atoms with Crippen molar-refractivity contribution in [3.8, 4) is 23.0 Å². The van der Waals surface area contributed by atoms with Gasteiger partial charge in [0.1, 0.15) is 0 Å². The molecule has 1 aliphatic heterocycles. The van der Waals surface area contributed by atoms with Crippen molar-refractivity contribution in [2.24, 2.45) is 0 Å². The van der Waals surface area contributed by atoms with E-state index in [4.69, 9.17) is 18.9 Å². The van der Waals surface area contributed by atoms with Gasteiger partial charge in [-0.2, -0.15) is 0 Å². The molecule has 1 aliphatic rings. The van der Waals surface area contributed by atoms with E-state index in [1.54, 1.807) is 28.4 Å². The molecule has 7 nitrogen and oxygen atoms in total.